The van der Waals surface area contributed by atoms with Crippen LogP contribution in [0, 0.1) is 11.8 Å². The summed E-state index contributed by atoms with van der Waals surface area (Å²) in [7, 11) is 3.90. The van der Waals surface area contributed by atoms with Crippen molar-refractivity contribution in [3.8, 4) is 0 Å². The topological polar surface area (TPSA) is 32.8 Å². The third kappa shape index (κ3) is 5.06. The van der Waals surface area contributed by atoms with Crippen molar-refractivity contribution in [3.05, 3.63) is 0 Å². The average Bonchev–Trinajstić information content (AvgIpc) is 2.50. The Morgan fingerprint density at radius 1 is 1.05 bits per heavy atom. The fourth-order valence-corrected chi connectivity index (χ4v) is 3.07. The molecule has 2 saturated heterocycles. The molecule has 20 heavy (non-hydrogen) atoms. The van der Waals surface area contributed by atoms with Crippen LogP contribution in [0.1, 0.15) is 39.5 Å². The van der Waals surface area contributed by atoms with Crippen molar-refractivity contribution in [3.63, 3.8) is 0 Å². The summed E-state index contributed by atoms with van der Waals surface area (Å²) in [5, 5.41) is 0. The highest BCUT2D eigenvalue weighted by molar-refractivity contribution is 5.79. The quantitative estimate of drug-likeness (QED) is 0.797. The van der Waals surface area contributed by atoms with Crippen LogP contribution in [0.25, 0.3) is 0 Å². The van der Waals surface area contributed by atoms with Crippen LogP contribution in [-0.4, -0.2) is 62.7 Å². The van der Waals surface area contributed by atoms with Crippen LogP contribution >= 0.6 is 0 Å². The van der Waals surface area contributed by atoms with E-state index in [2.05, 4.69) is 16.8 Å². The standard InChI is InChI=1S/C14H26N2O2.C2H6/c1-15-7-5-13(6-8-15)14(17)16-9-3-12(4-10-16)11-18-2;1-2/h12-13H,3-11H2,1-2H3;1-2H3. The Bertz CT molecular complexity index is 268. The van der Waals surface area contributed by atoms with Gasteiger partial charge in [0.2, 0.25) is 5.91 Å². The first-order valence-corrected chi connectivity index (χ1v) is 8.17. The minimum atomic E-state index is 0.278. The van der Waals surface area contributed by atoms with Gasteiger partial charge in [0, 0.05) is 32.7 Å². The Morgan fingerprint density at radius 3 is 2.10 bits per heavy atom. The van der Waals surface area contributed by atoms with Crippen LogP contribution < -0.4 is 0 Å². The maximum absolute atomic E-state index is 12.4. The van der Waals surface area contributed by atoms with Gasteiger partial charge in [0.05, 0.1) is 0 Å². The van der Waals surface area contributed by atoms with Gasteiger partial charge in [-0.15, -0.1) is 0 Å². The van der Waals surface area contributed by atoms with E-state index in [0.717, 1.165) is 58.5 Å². The molecule has 2 aliphatic rings. The van der Waals surface area contributed by atoms with E-state index in [1.54, 1.807) is 7.11 Å². The first kappa shape index (κ1) is 17.4. The van der Waals surface area contributed by atoms with Crippen LogP contribution in [0.2, 0.25) is 0 Å². The summed E-state index contributed by atoms with van der Waals surface area (Å²) in [6.45, 7) is 8.84. The van der Waals surface area contributed by atoms with Crippen LogP contribution in [0.4, 0.5) is 0 Å². The number of amides is 1. The molecule has 0 N–H and O–H groups in total. The second kappa shape index (κ2) is 9.35. The van der Waals surface area contributed by atoms with Gasteiger partial charge in [-0.1, -0.05) is 13.8 Å². The van der Waals surface area contributed by atoms with Gasteiger partial charge in [-0.05, 0) is 51.7 Å². The molecule has 0 unspecified atom stereocenters. The number of nitrogens with zero attached hydrogens (tertiary/aromatic N) is 2. The molecule has 0 bridgehead atoms. The van der Waals surface area contributed by atoms with Crippen LogP contribution in [0.15, 0.2) is 0 Å². The maximum Gasteiger partial charge on any atom is 0.225 e. The van der Waals surface area contributed by atoms with Crippen molar-refractivity contribution in [1.29, 1.82) is 0 Å². The zero-order valence-corrected chi connectivity index (χ0v) is 13.7. The minimum absolute atomic E-state index is 0.278. The molecule has 0 aromatic heterocycles. The SMILES string of the molecule is CC.COCC1CCN(C(=O)C2CCN(C)CC2)CC1. The summed E-state index contributed by atoms with van der Waals surface area (Å²) >= 11 is 0. The van der Waals surface area contributed by atoms with E-state index in [1.807, 2.05) is 13.8 Å². The van der Waals surface area contributed by atoms with E-state index < -0.39 is 0 Å². The van der Waals surface area contributed by atoms with Crippen molar-refractivity contribution < 1.29 is 9.53 Å². The molecule has 2 rings (SSSR count). The van der Waals surface area contributed by atoms with Gasteiger partial charge < -0.3 is 14.5 Å². The molecule has 2 heterocycles. The number of hydrogen-bond acceptors (Lipinski definition) is 3. The molecule has 0 radical (unpaired) electrons. The minimum Gasteiger partial charge on any atom is -0.384 e. The highest BCUT2D eigenvalue weighted by atomic mass is 16.5. The Balaban J connectivity index is 0.000000956. The zero-order valence-electron chi connectivity index (χ0n) is 13.7. The van der Waals surface area contributed by atoms with E-state index >= 15 is 0 Å². The predicted molar refractivity (Wildman–Crippen MR) is 82.7 cm³/mol. The number of piperidine rings is 2. The second-order valence-electron chi connectivity index (χ2n) is 5.80. The normalized spacial score (nSPS) is 22.3. The first-order chi connectivity index (χ1) is 9.70. The summed E-state index contributed by atoms with van der Waals surface area (Å²) in [6, 6.07) is 0. The van der Waals surface area contributed by atoms with Crippen molar-refractivity contribution >= 4 is 5.91 Å². The molecule has 0 aliphatic carbocycles. The zero-order chi connectivity index (χ0) is 15.0. The molecular formula is C16H32N2O2. The van der Waals surface area contributed by atoms with E-state index in [1.165, 1.54) is 0 Å². The largest absolute Gasteiger partial charge is 0.384 e. The van der Waals surface area contributed by atoms with E-state index in [-0.39, 0.29) is 5.92 Å². The van der Waals surface area contributed by atoms with Crippen molar-refractivity contribution in [1.82, 2.24) is 9.80 Å². The van der Waals surface area contributed by atoms with Gasteiger partial charge in [0.15, 0.2) is 0 Å². The molecule has 0 aromatic rings. The number of carbonyl (C=O) groups excluding carboxylic acids is 1. The Hall–Kier alpha value is -0.610. The summed E-state index contributed by atoms with van der Waals surface area (Å²) in [4.78, 5) is 16.8. The smallest absolute Gasteiger partial charge is 0.225 e. The molecule has 1 amide bonds. The fraction of sp³-hybridized carbons (Fsp3) is 0.938. The molecule has 4 nitrogen and oxygen atoms in total. The second-order valence-corrected chi connectivity index (χ2v) is 5.80. The number of rotatable bonds is 3. The lowest BCUT2D eigenvalue weighted by Gasteiger charge is -2.36. The van der Waals surface area contributed by atoms with Gasteiger partial charge in [-0.25, -0.2) is 0 Å². The molecule has 2 fully saturated rings. The van der Waals surface area contributed by atoms with Gasteiger partial charge in [-0.3, -0.25) is 4.79 Å². The lowest BCUT2D eigenvalue weighted by atomic mass is 9.92. The van der Waals surface area contributed by atoms with Crippen molar-refractivity contribution in [2.45, 2.75) is 39.5 Å². The molecular weight excluding hydrogens is 252 g/mol. The van der Waals surface area contributed by atoms with E-state index in [4.69, 9.17) is 4.74 Å². The van der Waals surface area contributed by atoms with Crippen LogP contribution in [0.3, 0.4) is 0 Å². The molecule has 0 spiro atoms. The summed E-state index contributed by atoms with van der Waals surface area (Å²) in [5.74, 6) is 1.33. The molecule has 4 heteroatoms. The number of ether oxygens (including phenoxy) is 1. The molecule has 2 aliphatic heterocycles. The van der Waals surface area contributed by atoms with Crippen molar-refractivity contribution in [2.24, 2.45) is 11.8 Å². The van der Waals surface area contributed by atoms with Gasteiger partial charge in [0.1, 0.15) is 0 Å². The van der Waals surface area contributed by atoms with Gasteiger partial charge >= 0.3 is 0 Å². The van der Waals surface area contributed by atoms with Crippen LogP contribution in [-0.2, 0) is 9.53 Å². The van der Waals surface area contributed by atoms with Gasteiger partial charge in [0.25, 0.3) is 0 Å². The number of hydrogen-bond donors (Lipinski definition) is 0. The van der Waals surface area contributed by atoms with Crippen molar-refractivity contribution in [2.75, 3.05) is 46.9 Å². The number of likely N-dealkylation sites (tertiary alicyclic amines) is 2. The fourth-order valence-electron chi connectivity index (χ4n) is 3.07. The summed E-state index contributed by atoms with van der Waals surface area (Å²) in [5.41, 5.74) is 0. The van der Waals surface area contributed by atoms with E-state index in [0.29, 0.717) is 11.8 Å². The van der Waals surface area contributed by atoms with Crippen LogP contribution in [0.5, 0.6) is 0 Å². The highest BCUT2D eigenvalue weighted by Gasteiger charge is 2.29. The van der Waals surface area contributed by atoms with Gasteiger partial charge in [-0.2, -0.15) is 0 Å². The number of methoxy groups -OCH3 is 1. The third-order valence-corrected chi connectivity index (χ3v) is 4.40. The monoisotopic (exact) mass is 284 g/mol. The predicted octanol–water partition coefficient (Wildman–Crippen LogP) is 2.24. The lowest BCUT2D eigenvalue weighted by molar-refractivity contribution is -0.138. The third-order valence-electron chi connectivity index (χ3n) is 4.40. The molecule has 118 valence electrons. The highest BCUT2D eigenvalue weighted by Crippen LogP contribution is 2.23. The Kier molecular flexibility index (Phi) is 8.15. The Labute approximate surface area is 124 Å². The summed E-state index contributed by atoms with van der Waals surface area (Å²) < 4.78 is 5.20. The summed E-state index contributed by atoms with van der Waals surface area (Å²) in [6.07, 6.45) is 4.28. The maximum atomic E-state index is 12.4. The first-order valence-electron chi connectivity index (χ1n) is 8.17. The van der Waals surface area contributed by atoms with E-state index in [9.17, 15) is 4.79 Å². The lowest BCUT2D eigenvalue weighted by Crippen LogP contribution is -2.45. The molecule has 0 atom stereocenters. The molecule has 0 aromatic carbocycles. The average molecular weight is 284 g/mol. The number of carbonyl (C=O) groups is 1. The Morgan fingerprint density at radius 2 is 1.60 bits per heavy atom. The molecule has 0 saturated carbocycles.